The molecule has 32 heavy (non-hydrogen) atoms. The van der Waals surface area contributed by atoms with E-state index in [1.807, 2.05) is 18.2 Å². The molecule has 1 fully saturated rings. The van der Waals surface area contributed by atoms with Crippen molar-refractivity contribution >= 4 is 35.9 Å². The minimum atomic E-state index is -1.26. The number of para-hydroxylation sites is 1. The van der Waals surface area contributed by atoms with Crippen LogP contribution in [0.5, 0.6) is 0 Å². The van der Waals surface area contributed by atoms with Crippen LogP contribution in [0.4, 0.5) is 5.69 Å². The maximum Gasteiger partial charge on any atom is 0.303 e. The largest absolute Gasteiger partial charge is 0.463 e. The molecule has 0 aliphatic carbocycles. The van der Waals surface area contributed by atoms with Gasteiger partial charge in [-0.05, 0) is 12.1 Å². The summed E-state index contributed by atoms with van der Waals surface area (Å²) < 4.78 is 26.8. The van der Waals surface area contributed by atoms with Crippen LogP contribution < -0.4 is 5.32 Å². The van der Waals surface area contributed by atoms with E-state index in [0.717, 1.165) is 19.5 Å². The molecule has 1 saturated heterocycles. The Morgan fingerprint density at radius 2 is 1.44 bits per heavy atom. The van der Waals surface area contributed by atoms with Crippen molar-refractivity contribution in [3.8, 4) is 0 Å². The van der Waals surface area contributed by atoms with Crippen molar-refractivity contribution in [2.24, 2.45) is 4.99 Å². The molecule has 0 aromatic heterocycles. The van der Waals surface area contributed by atoms with E-state index in [9.17, 15) is 19.2 Å². The summed E-state index contributed by atoms with van der Waals surface area (Å²) >= 11 is 0. The lowest BCUT2D eigenvalue weighted by Crippen LogP contribution is -2.62. The summed E-state index contributed by atoms with van der Waals surface area (Å²) in [5, 5.41) is 2.94. The molecule has 0 radical (unpaired) electrons. The third-order valence-corrected chi connectivity index (χ3v) is 4.19. The molecule has 5 atom stereocenters. The normalized spacial score (nSPS) is 24.9. The Kier molecular flexibility index (Phi) is 9.14. The third-order valence-electron chi connectivity index (χ3n) is 4.19. The van der Waals surface area contributed by atoms with Gasteiger partial charge in [0.1, 0.15) is 12.7 Å². The lowest BCUT2D eigenvalue weighted by Gasteiger charge is -2.43. The predicted molar refractivity (Wildman–Crippen MR) is 111 cm³/mol. The number of rotatable bonds is 8. The molecule has 11 heteroatoms. The number of nitrogens with zero attached hydrogens (tertiary/aromatic N) is 1. The second-order valence-electron chi connectivity index (χ2n) is 6.88. The topological polar surface area (TPSA) is 139 Å². The van der Waals surface area contributed by atoms with Crippen LogP contribution >= 0.6 is 0 Å². The molecular formula is C21H26N2O9. The third kappa shape index (κ3) is 7.65. The standard InChI is InChI=1S/C21H26N2O9/c1-12(24)28-10-17-18(29-13(2)25)19(30-14(3)26)20(31-15(4)27)21(32-17)23-11-22-16-8-6-5-7-9-16/h5-9,11,17-21H,10H2,1-4H3,(H,22,23)/t17-,18-,19+,20-,21-/m1/s1. The first-order chi connectivity index (χ1) is 15.2. The Morgan fingerprint density at radius 1 is 0.875 bits per heavy atom. The summed E-state index contributed by atoms with van der Waals surface area (Å²) in [6.45, 7) is 4.37. The molecule has 1 heterocycles. The SMILES string of the molecule is CC(=O)OC[C@H]1O[C@@H](/N=C/Nc2ccccc2)[C@H](OC(C)=O)[C@@H](OC(C)=O)[C@@H]1OC(C)=O. The number of carbonyl (C=O) groups is 4. The van der Waals surface area contributed by atoms with Crippen molar-refractivity contribution in [2.45, 2.75) is 58.3 Å². The van der Waals surface area contributed by atoms with Crippen LogP contribution in [0.25, 0.3) is 0 Å². The van der Waals surface area contributed by atoms with Gasteiger partial charge >= 0.3 is 23.9 Å². The van der Waals surface area contributed by atoms with E-state index in [1.54, 1.807) is 12.1 Å². The Bertz CT molecular complexity index is 843. The fourth-order valence-electron chi connectivity index (χ4n) is 3.05. The van der Waals surface area contributed by atoms with Crippen LogP contribution in [0.3, 0.4) is 0 Å². The van der Waals surface area contributed by atoms with E-state index in [4.69, 9.17) is 23.7 Å². The van der Waals surface area contributed by atoms with E-state index in [1.165, 1.54) is 20.2 Å². The number of nitrogens with one attached hydrogen (secondary N) is 1. The molecule has 1 N–H and O–H groups in total. The molecule has 1 aliphatic heterocycles. The van der Waals surface area contributed by atoms with Crippen LogP contribution in [0.15, 0.2) is 35.3 Å². The lowest BCUT2D eigenvalue weighted by atomic mass is 9.97. The number of anilines is 1. The maximum atomic E-state index is 11.8. The quantitative estimate of drug-likeness (QED) is 0.266. The highest BCUT2D eigenvalue weighted by molar-refractivity contribution is 5.75. The highest BCUT2D eigenvalue weighted by atomic mass is 16.7. The van der Waals surface area contributed by atoms with Gasteiger partial charge in [0, 0.05) is 33.4 Å². The molecule has 0 saturated carbocycles. The maximum absolute atomic E-state index is 11.8. The van der Waals surface area contributed by atoms with Gasteiger partial charge in [-0.2, -0.15) is 0 Å². The van der Waals surface area contributed by atoms with Gasteiger partial charge in [-0.15, -0.1) is 0 Å². The Morgan fingerprint density at radius 3 is 2.00 bits per heavy atom. The summed E-state index contributed by atoms with van der Waals surface area (Å²) in [7, 11) is 0. The summed E-state index contributed by atoms with van der Waals surface area (Å²) in [4.78, 5) is 50.8. The van der Waals surface area contributed by atoms with Gasteiger partial charge in [-0.1, -0.05) is 18.2 Å². The second kappa shape index (κ2) is 11.8. The summed E-state index contributed by atoms with van der Waals surface area (Å²) in [6, 6.07) is 9.11. The monoisotopic (exact) mass is 450 g/mol. The molecular weight excluding hydrogens is 424 g/mol. The number of esters is 4. The van der Waals surface area contributed by atoms with Gasteiger partial charge in [0.05, 0.1) is 6.34 Å². The van der Waals surface area contributed by atoms with E-state index >= 15 is 0 Å². The minimum absolute atomic E-state index is 0.310. The number of benzene rings is 1. The molecule has 0 spiro atoms. The smallest absolute Gasteiger partial charge is 0.303 e. The van der Waals surface area contributed by atoms with Crippen LogP contribution in [0.1, 0.15) is 27.7 Å². The average molecular weight is 450 g/mol. The summed E-state index contributed by atoms with van der Waals surface area (Å²) in [6.07, 6.45) is -4.58. The Labute approximate surface area is 185 Å². The van der Waals surface area contributed by atoms with Crippen molar-refractivity contribution in [3.63, 3.8) is 0 Å². The number of hydrogen-bond donors (Lipinski definition) is 1. The van der Waals surface area contributed by atoms with Crippen LogP contribution in [-0.2, 0) is 42.9 Å². The molecule has 1 aliphatic rings. The summed E-state index contributed by atoms with van der Waals surface area (Å²) in [5.41, 5.74) is 0.738. The highest BCUT2D eigenvalue weighted by Gasteiger charge is 2.52. The molecule has 0 amide bonds. The van der Waals surface area contributed by atoms with Gasteiger partial charge in [0.15, 0.2) is 24.5 Å². The zero-order valence-electron chi connectivity index (χ0n) is 18.2. The predicted octanol–water partition coefficient (Wildman–Crippen LogP) is 1.21. The first-order valence-corrected chi connectivity index (χ1v) is 9.81. The average Bonchev–Trinajstić information content (AvgIpc) is 2.70. The highest BCUT2D eigenvalue weighted by Crippen LogP contribution is 2.29. The zero-order chi connectivity index (χ0) is 23.7. The van der Waals surface area contributed by atoms with Crippen LogP contribution in [0.2, 0.25) is 0 Å². The van der Waals surface area contributed by atoms with Gasteiger partial charge in [-0.25, -0.2) is 4.99 Å². The van der Waals surface area contributed by atoms with Crippen molar-refractivity contribution < 1.29 is 42.9 Å². The number of aliphatic imine (C=N–C) groups is 1. The van der Waals surface area contributed by atoms with Crippen molar-refractivity contribution in [1.82, 2.24) is 0 Å². The molecule has 1 aromatic rings. The molecule has 11 nitrogen and oxygen atoms in total. The summed E-state index contributed by atoms with van der Waals surface area (Å²) in [5.74, 6) is -2.68. The molecule has 174 valence electrons. The van der Waals surface area contributed by atoms with E-state index in [-0.39, 0.29) is 6.61 Å². The Hall–Kier alpha value is -3.47. The fourth-order valence-corrected chi connectivity index (χ4v) is 3.05. The second-order valence-corrected chi connectivity index (χ2v) is 6.88. The Balaban J connectivity index is 2.36. The van der Waals surface area contributed by atoms with Gasteiger partial charge < -0.3 is 29.0 Å². The number of hydrogen-bond acceptors (Lipinski definition) is 10. The minimum Gasteiger partial charge on any atom is -0.463 e. The van der Waals surface area contributed by atoms with Crippen molar-refractivity contribution in [1.29, 1.82) is 0 Å². The van der Waals surface area contributed by atoms with Gasteiger partial charge in [0.25, 0.3) is 0 Å². The van der Waals surface area contributed by atoms with Crippen LogP contribution in [-0.4, -0.2) is 67.5 Å². The molecule has 2 rings (SSSR count). The molecule has 0 unspecified atom stereocenters. The van der Waals surface area contributed by atoms with Crippen LogP contribution in [0, 0.1) is 0 Å². The zero-order valence-corrected chi connectivity index (χ0v) is 18.2. The van der Waals surface area contributed by atoms with E-state index in [0.29, 0.717) is 0 Å². The van der Waals surface area contributed by atoms with Crippen molar-refractivity contribution in [2.75, 3.05) is 11.9 Å². The molecule has 0 bridgehead atoms. The van der Waals surface area contributed by atoms with E-state index in [2.05, 4.69) is 10.3 Å². The van der Waals surface area contributed by atoms with Gasteiger partial charge in [-0.3, -0.25) is 19.2 Å². The first kappa shape index (κ1) is 24.8. The molecule has 1 aromatic carbocycles. The number of ether oxygens (including phenoxy) is 5. The lowest BCUT2D eigenvalue weighted by molar-refractivity contribution is -0.250. The first-order valence-electron chi connectivity index (χ1n) is 9.81. The number of carbonyl (C=O) groups excluding carboxylic acids is 4. The van der Waals surface area contributed by atoms with E-state index < -0.39 is 54.5 Å². The fraction of sp³-hybridized carbons (Fsp3) is 0.476. The van der Waals surface area contributed by atoms with Gasteiger partial charge in [0.2, 0.25) is 0 Å². The van der Waals surface area contributed by atoms with Crippen molar-refractivity contribution in [3.05, 3.63) is 30.3 Å².